The lowest BCUT2D eigenvalue weighted by molar-refractivity contribution is -0.141. The van der Waals surface area contributed by atoms with Gasteiger partial charge in [0.05, 0.1) is 10.5 Å². The maximum atomic E-state index is 13.0. The Kier molecular flexibility index (Phi) is 7.47. The van der Waals surface area contributed by atoms with Crippen LogP contribution in [-0.2, 0) is 19.6 Å². The summed E-state index contributed by atoms with van der Waals surface area (Å²) in [7, 11) is -3.90. The summed E-state index contributed by atoms with van der Waals surface area (Å²) in [6, 6.07) is 10.1. The van der Waals surface area contributed by atoms with E-state index in [0.29, 0.717) is 13.1 Å². The van der Waals surface area contributed by atoms with Crippen molar-refractivity contribution < 1.29 is 27.1 Å². The average Bonchev–Trinajstić information content (AvgIpc) is 2.79. The molecule has 172 valence electrons. The highest BCUT2D eigenvalue weighted by molar-refractivity contribution is 7.92. The molecule has 0 radical (unpaired) electrons. The number of likely N-dealkylation sites (N-methyl/N-ethyl adjacent to an activating group) is 1. The van der Waals surface area contributed by atoms with E-state index >= 15 is 0 Å². The molecular weight excluding hydrogens is 437 g/mol. The Balaban J connectivity index is 1.57. The summed E-state index contributed by atoms with van der Waals surface area (Å²) >= 11 is 0. The Bertz CT molecular complexity index is 1050. The maximum absolute atomic E-state index is 13.0. The molecule has 1 aliphatic heterocycles. The maximum Gasteiger partial charge on any atom is 0.338 e. The molecule has 8 nitrogen and oxygen atoms in total. The SMILES string of the molecule is CCN1CCN(C(=O)[C@@H](C)OC(=O)c2ccc(NS(=O)(=O)c3ccc(F)cc3)cc2)CC1. The molecule has 0 aliphatic carbocycles. The number of rotatable bonds is 7. The van der Waals surface area contributed by atoms with Crippen LogP contribution in [-0.4, -0.2) is 68.9 Å². The molecule has 1 aliphatic rings. The number of esters is 1. The van der Waals surface area contributed by atoms with E-state index in [1.54, 1.807) is 4.90 Å². The van der Waals surface area contributed by atoms with Gasteiger partial charge in [-0.15, -0.1) is 0 Å². The number of nitrogens with one attached hydrogen (secondary N) is 1. The average molecular weight is 464 g/mol. The van der Waals surface area contributed by atoms with Crippen LogP contribution in [0.4, 0.5) is 10.1 Å². The molecule has 1 heterocycles. The lowest BCUT2D eigenvalue weighted by Crippen LogP contribution is -2.51. The highest BCUT2D eigenvalue weighted by Gasteiger charge is 2.27. The number of carbonyl (C=O) groups excluding carboxylic acids is 2. The Morgan fingerprint density at radius 3 is 2.19 bits per heavy atom. The second-order valence-electron chi connectivity index (χ2n) is 7.44. The first-order chi connectivity index (χ1) is 15.2. The van der Waals surface area contributed by atoms with Crippen LogP contribution in [0.15, 0.2) is 53.4 Å². The molecule has 2 aromatic carbocycles. The van der Waals surface area contributed by atoms with Crippen LogP contribution in [0.2, 0.25) is 0 Å². The first-order valence-corrected chi connectivity index (χ1v) is 11.8. The van der Waals surface area contributed by atoms with Gasteiger partial charge in [-0.05, 0) is 62.0 Å². The molecule has 2 aromatic rings. The summed E-state index contributed by atoms with van der Waals surface area (Å²) in [6.07, 6.45) is -0.924. The van der Waals surface area contributed by atoms with Gasteiger partial charge in [-0.2, -0.15) is 0 Å². The van der Waals surface area contributed by atoms with Gasteiger partial charge < -0.3 is 14.5 Å². The summed E-state index contributed by atoms with van der Waals surface area (Å²) < 4.78 is 45.4. The molecule has 1 atom stereocenters. The number of benzene rings is 2. The highest BCUT2D eigenvalue weighted by atomic mass is 32.2. The zero-order chi connectivity index (χ0) is 23.3. The Morgan fingerprint density at radius 2 is 1.62 bits per heavy atom. The Hall–Kier alpha value is -2.98. The molecule has 1 N–H and O–H groups in total. The molecule has 0 aromatic heterocycles. The number of carbonyl (C=O) groups is 2. The van der Waals surface area contributed by atoms with Gasteiger partial charge in [0.15, 0.2) is 6.10 Å². The van der Waals surface area contributed by atoms with Gasteiger partial charge >= 0.3 is 5.97 Å². The molecular formula is C22H26FN3O5S. The summed E-state index contributed by atoms with van der Waals surface area (Å²) in [5.41, 5.74) is 0.411. The van der Waals surface area contributed by atoms with Crippen LogP contribution in [0.3, 0.4) is 0 Å². The Morgan fingerprint density at radius 1 is 1.03 bits per heavy atom. The molecule has 1 fully saturated rings. The number of hydrogen-bond donors (Lipinski definition) is 1. The smallest absolute Gasteiger partial charge is 0.338 e. The second-order valence-corrected chi connectivity index (χ2v) is 9.13. The molecule has 1 amide bonds. The molecule has 0 bridgehead atoms. The van der Waals surface area contributed by atoms with Gasteiger partial charge in [-0.1, -0.05) is 6.92 Å². The molecule has 1 saturated heterocycles. The van der Waals surface area contributed by atoms with Crippen LogP contribution < -0.4 is 4.72 Å². The van der Waals surface area contributed by atoms with E-state index in [0.717, 1.165) is 43.9 Å². The first kappa shape index (κ1) is 23.7. The van der Waals surface area contributed by atoms with Crippen LogP contribution >= 0.6 is 0 Å². The number of anilines is 1. The fraction of sp³-hybridized carbons (Fsp3) is 0.364. The van der Waals surface area contributed by atoms with Crippen LogP contribution in [0.5, 0.6) is 0 Å². The van der Waals surface area contributed by atoms with Gasteiger partial charge in [0, 0.05) is 31.9 Å². The van der Waals surface area contributed by atoms with E-state index in [4.69, 9.17) is 4.74 Å². The van der Waals surface area contributed by atoms with Gasteiger partial charge in [0.1, 0.15) is 5.82 Å². The number of hydrogen-bond acceptors (Lipinski definition) is 6. The van der Waals surface area contributed by atoms with Crippen molar-refractivity contribution in [3.05, 3.63) is 59.9 Å². The van der Waals surface area contributed by atoms with Gasteiger partial charge in [-0.25, -0.2) is 17.6 Å². The minimum atomic E-state index is -3.90. The summed E-state index contributed by atoms with van der Waals surface area (Å²) in [5.74, 6) is -1.45. The third kappa shape index (κ3) is 5.83. The number of piperazine rings is 1. The Labute approximate surface area is 187 Å². The number of nitrogens with zero attached hydrogens (tertiary/aromatic N) is 2. The zero-order valence-electron chi connectivity index (χ0n) is 18.0. The standard InChI is InChI=1S/C22H26FN3O5S/c1-3-25-12-14-26(15-13-25)21(27)16(2)31-22(28)17-4-8-19(9-5-17)24-32(29,30)20-10-6-18(23)7-11-20/h4-11,16,24H,3,12-15H2,1-2H3/t16-/m1/s1. The van der Waals surface area contributed by atoms with E-state index in [1.165, 1.54) is 31.2 Å². The number of amides is 1. The quantitative estimate of drug-likeness (QED) is 0.634. The van der Waals surface area contributed by atoms with Crippen LogP contribution in [0, 0.1) is 5.82 Å². The largest absolute Gasteiger partial charge is 0.449 e. The van der Waals surface area contributed by atoms with E-state index in [9.17, 15) is 22.4 Å². The van der Waals surface area contributed by atoms with E-state index in [2.05, 4.69) is 16.5 Å². The third-order valence-electron chi connectivity index (χ3n) is 5.26. The summed E-state index contributed by atoms with van der Waals surface area (Å²) in [6.45, 7) is 7.31. The lowest BCUT2D eigenvalue weighted by Gasteiger charge is -2.35. The van der Waals surface area contributed by atoms with Crippen molar-refractivity contribution in [1.29, 1.82) is 0 Å². The molecule has 0 unspecified atom stereocenters. The van der Waals surface area contributed by atoms with Crippen molar-refractivity contribution in [3.63, 3.8) is 0 Å². The molecule has 10 heteroatoms. The van der Waals surface area contributed by atoms with Gasteiger partial charge in [0.2, 0.25) is 0 Å². The number of sulfonamides is 1. The topological polar surface area (TPSA) is 96.0 Å². The molecule has 0 saturated carbocycles. The van der Waals surface area contributed by atoms with Gasteiger partial charge in [0.25, 0.3) is 15.9 Å². The minimum absolute atomic E-state index is 0.0884. The van der Waals surface area contributed by atoms with Crippen LogP contribution in [0.1, 0.15) is 24.2 Å². The van der Waals surface area contributed by atoms with Crippen molar-refractivity contribution in [2.24, 2.45) is 0 Å². The predicted octanol–water partition coefficient (Wildman–Crippen LogP) is 2.34. The lowest BCUT2D eigenvalue weighted by atomic mass is 10.2. The highest BCUT2D eigenvalue weighted by Crippen LogP contribution is 2.18. The van der Waals surface area contributed by atoms with E-state index in [-0.39, 0.29) is 22.1 Å². The van der Waals surface area contributed by atoms with E-state index in [1.807, 2.05) is 0 Å². The van der Waals surface area contributed by atoms with E-state index < -0.39 is 27.9 Å². The van der Waals surface area contributed by atoms with Crippen LogP contribution in [0.25, 0.3) is 0 Å². The summed E-state index contributed by atoms with van der Waals surface area (Å²) in [4.78, 5) is 28.8. The first-order valence-electron chi connectivity index (χ1n) is 10.3. The molecule has 0 spiro atoms. The fourth-order valence-corrected chi connectivity index (χ4v) is 4.38. The third-order valence-corrected chi connectivity index (χ3v) is 6.66. The summed E-state index contributed by atoms with van der Waals surface area (Å²) in [5, 5.41) is 0. The van der Waals surface area contributed by atoms with Crippen molar-refractivity contribution in [2.75, 3.05) is 37.4 Å². The second kappa shape index (κ2) is 10.1. The zero-order valence-corrected chi connectivity index (χ0v) is 18.8. The number of halogens is 1. The monoisotopic (exact) mass is 463 g/mol. The number of ether oxygens (including phenoxy) is 1. The van der Waals surface area contributed by atoms with Crippen molar-refractivity contribution >= 4 is 27.6 Å². The fourth-order valence-electron chi connectivity index (χ4n) is 3.32. The van der Waals surface area contributed by atoms with Gasteiger partial charge in [-0.3, -0.25) is 9.52 Å². The van der Waals surface area contributed by atoms with Crippen molar-refractivity contribution in [3.8, 4) is 0 Å². The molecule has 3 rings (SSSR count). The van der Waals surface area contributed by atoms with Crippen molar-refractivity contribution in [1.82, 2.24) is 9.80 Å². The molecule has 32 heavy (non-hydrogen) atoms. The predicted molar refractivity (Wildman–Crippen MR) is 117 cm³/mol. The van der Waals surface area contributed by atoms with Crippen molar-refractivity contribution in [2.45, 2.75) is 24.8 Å². The normalized spacial score (nSPS) is 15.8. The minimum Gasteiger partial charge on any atom is -0.449 e.